The molecule has 34 heavy (non-hydrogen) atoms. The predicted octanol–water partition coefficient (Wildman–Crippen LogP) is 4.30. The zero-order valence-electron chi connectivity index (χ0n) is 17.5. The average molecular weight is 460 g/mol. The summed E-state index contributed by atoms with van der Waals surface area (Å²) in [5.41, 5.74) is 0.183. The largest absolute Gasteiger partial charge is 0.484 e. The molecule has 0 unspecified atom stereocenters. The molecule has 0 fully saturated rings. The van der Waals surface area contributed by atoms with E-state index in [1.54, 1.807) is 30.3 Å². The van der Waals surface area contributed by atoms with E-state index in [1.165, 1.54) is 54.6 Å². The quantitative estimate of drug-likeness (QED) is 0.223. The van der Waals surface area contributed by atoms with Gasteiger partial charge in [0.05, 0.1) is 10.6 Å². The van der Waals surface area contributed by atoms with Crippen molar-refractivity contribution in [2.24, 2.45) is 0 Å². The minimum atomic E-state index is -0.751. The third kappa shape index (κ3) is 6.48. The molecule has 0 saturated carbocycles. The second-order valence-electron chi connectivity index (χ2n) is 6.82. The third-order valence-electron chi connectivity index (χ3n) is 4.37. The second-order valence-corrected chi connectivity index (χ2v) is 6.82. The van der Waals surface area contributed by atoms with Crippen molar-refractivity contribution in [3.8, 4) is 11.8 Å². The number of rotatable bonds is 8. The van der Waals surface area contributed by atoms with Crippen molar-refractivity contribution in [3.63, 3.8) is 0 Å². The van der Waals surface area contributed by atoms with Crippen LogP contribution in [0.25, 0.3) is 6.08 Å². The molecule has 2 N–H and O–H groups in total. The molecular formula is C24H17FN4O5. The van der Waals surface area contributed by atoms with Crippen LogP contribution >= 0.6 is 0 Å². The normalized spacial score (nSPS) is 10.6. The number of hydrogen-bond acceptors (Lipinski definition) is 6. The van der Waals surface area contributed by atoms with Crippen molar-refractivity contribution >= 4 is 35.0 Å². The highest BCUT2D eigenvalue weighted by Gasteiger charge is 2.13. The van der Waals surface area contributed by atoms with Crippen molar-refractivity contribution in [2.75, 3.05) is 17.2 Å². The number of carbonyl (C=O) groups excluding carboxylic acids is 2. The highest BCUT2D eigenvalue weighted by molar-refractivity contribution is 6.09. The van der Waals surface area contributed by atoms with Gasteiger partial charge in [-0.3, -0.25) is 19.7 Å². The van der Waals surface area contributed by atoms with Gasteiger partial charge in [-0.05, 0) is 42.0 Å². The van der Waals surface area contributed by atoms with Gasteiger partial charge in [0.25, 0.3) is 17.5 Å². The molecule has 3 rings (SSSR count). The van der Waals surface area contributed by atoms with Crippen molar-refractivity contribution in [1.29, 1.82) is 5.26 Å². The fraction of sp³-hybridized carbons (Fsp3) is 0.0417. The Bertz CT molecular complexity index is 1320. The molecule has 3 aromatic rings. The van der Waals surface area contributed by atoms with Crippen LogP contribution in [0.3, 0.4) is 0 Å². The van der Waals surface area contributed by atoms with Crippen LogP contribution in [0.1, 0.15) is 5.56 Å². The van der Waals surface area contributed by atoms with Gasteiger partial charge >= 0.3 is 0 Å². The van der Waals surface area contributed by atoms with Crippen LogP contribution in [0.15, 0.2) is 78.4 Å². The van der Waals surface area contributed by atoms with E-state index < -0.39 is 22.6 Å². The van der Waals surface area contributed by atoms with Gasteiger partial charge in [-0.1, -0.05) is 30.3 Å². The van der Waals surface area contributed by atoms with Gasteiger partial charge in [0.2, 0.25) is 0 Å². The molecule has 9 nitrogen and oxygen atoms in total. The molecule has 3 aromatic carbocycles. The molecule has 2 amide bonds. The second kappa shape index (κ2) is 11.0. The molecule has 0 bridgehead atoms. The highest BCUT2D eigenvalue weighted by atomic mass is 19.1. The summed E-state index contributed by atoms with van der Waals surface area (Å²) in [4.78, 5) is 34.7. The number of halogens is 1. The van der Waals surface area contributed by atoms with Gasteiger partial charge in [-0.2, -0.15) is 5.26 Å². The van der Waals surface area contributed by atoms with Gasteiger partial charge < -0.3 is 15.4 Å². The first kappa shape index (κ1) is 23.6. The number of nitrogens with zero attached hydrogens (tertiary/aromatic N) is 2. The summed E-state index contributed by atoms with van der Waals surface area (Å²) in [5, 5.41) is 25.1. The van der Waals surface area contributed by atoms with Crippen molar-refractivity contribution in [1.82, 2.24) is 0 Å². The first-order chi connectivity index (χ1) is 16.4. The Morgan fingerprint density at radius 2 is 1.82 bits per heavy atom. The average Bonchev–Trinajstić information content (AvgIpc) is 2.83. The Morgan fingerprint density at radius 1 is 1.06 bits per heavy atom. The molecule has 0 spiro atoms. The number of amides is 2. The lowest BCUT2D eigenvalue weighted by atomic mass is 10.1. The number of benzene rings is 3. The van der Waals surface area contributed by atoms with Gasteiger partial charge in [-0.25, -0.2) is 4.39 Å². The van der Waals surface area contributed by atoms with Gasteiger partial charge in [0.15, 0.2) is 6.61 Å². The number of nitriles is 1. The van der Waals surface area contributed by atoms with Gasteiger partial charge in [-0.15, -0.1) is 0 Å². The van der Waals surface area contributed by atoms with E-state index in [-0.39, 0.29) is 35.0 Å². The van der Waals surface area contributed by atoms with Crippen LogP contribution in [0.5, 0.6) is 5.75 Å². The molecular weight excluding hydrogens is 443 g/mol. The Balaban J connectivity index is 1.65. The number of nitro benzene ring substituents is 1. The minimum absolute atomic E-state index is 0.0289. The fourth-order valence-electron chi connectivity index (χ4n) is 2.80. The summed E-state index contributed by atoms with van der Waals surface area (Å²) in [6, 6.07) is 19.1. The Labute approximate surface area is 193 Å². The number of hydrogen-bond donors (Lipinski definition) is 2. The molecule has 0 radical (unpaired) electrons. The summed E-state index contributed by atoms with van der Waals surface area (Å²) in [5.74, 6) is -1.61. The topological polar surface area (TPSA) is 134 Å². The lowest BCUT2D eigenvalue weighted by Crippen LogP contribution is -2.20. The van der Waals surface area contributed by atoms with Crippen LogP contribution < -0.4 is 15.4 Å². The number of carbonyl (C=O) groups is 2. The van der Waals surface area contributed by atoms with E-state index >= 15 is 0 Å². The third-order valence-corrected chi connectivity index (χ3v) is 4.37. The van der Waals surface area contributed by atoms with Crippen LogP contribution in [0.4, 0.5) is 21.5 Å². The monoisotopic (exact) mass is 460 g/mol. The number of non-ortho nitro benzene ring substituents is 1. The van der Waals surface area contributed by atoms with E-state index in [0.717, 1.165) is 0 Å². The summed E-state index contributed by atoms with van der Waals surface area (Å²) in [6.45, 7) is -0.389. The summed E-state index contributed by atoms with van der Waals surface area (Å²) < 4.78 is 19.0. The maximum atomic E-state index is 13.6. The minimum Gasteiger partial charge on any atom is -0.484 e. The number of nitrogens with one attached hydrogen (secondary N) is 2. The lowest BCUT2D eigenvalue weighted by Gasteiger charge is -2.09. The predicted molar refractivity (Wildman–Crippen MR) is 122 cm³/mol. The standard InChI is InChI=1S/C24H17FN4O5/c25-21-9-1-2-10-22(21)28-23(30)15-34-20-8-3-5-16(12-20)11-17(14-26)24(31)27-18-6-4-7-19(13-18)29(32)33/h1-13H,15H2,(H,27,31)(H,28,30)/b17-11-. The van der Waals surface area contributed by atoms with E-state index in [2.05, 4.69) is 10.6 Å². The molecule has 0 heterocycles. The molecule has 0 aliphatic heterocycles. The van der Waals surface area contributed by atoms with Crippen molar-refractivity contribution in [2.45, 2.75) is 0 Å². The molecule has 0 saturated heterocycles. The fourth-order valence-corrected chi connectivity index (χ4v) is 2.80. The molecule has 0 aliphatic carbocycles. The molecule has 0 aliphatic rings. The van der Waals surface area contributed by atoms with Crippen LogP contribution in [-0.2, 0) is 9.59 Å². The zero-order chi connectivity index (χ0) is 24.5. The van der Waals surface area contributed by atoms with E-state index in [9.17, 15) is 29.4 Å². The van der Waals surface area contributed by atoms with Gasteiger partial charge in [0, 0.05) is 17.8 Å². The summed E-state index contributed by atoms with van der Waals surface area (Å²) in [7, 11) is 0. The summed E-state index contributed by atoms with van der Waals surface area (Å²) >= 11 is 0. The molecule has 170 valence electrons. The van der Waals surface area contributed by atoms with Crippen molar-refractivity contribution in [3.05, 3.63) is 99.9 Å². The SMILES string of the molecule is N#C/C(=C/c1cccc(OCC(=O)Nc2ccccc2F)c1)C(=O)Nc1cccc([N+](=O)[O-])c1. The van der Waals surface area contributed by atoms with Crippen LogP contribution in [0.2, 0.25) is 0 Å². The maximum Gasteiger partial charge on any atom is 0.271 e. The lowest BCUT2D eigenvalue weighted by molar-refractivity contribution is -0.384. The maximum absolute atomic E-state index is 13.6. The van der Waals surface area contributed by atoms with Crippen LogP contribution in [-0.4, -0.2) is 23.3 Å². The van der Waals surface area contributed by atoms with Gasteiger partial charge in [0.1, 0.15) is 23.2 Å². The smallest absolute Gasteiger partial charge is 0.271 e. The molecule has 0 aromatic heterocycles. The van der Waals surface area contributed by atoms with E-state index in [0.29, 0.717) is 5.56 Å². The van der Waals surface area contributed by atoms with E-state index in [1.807, 2.05) is 0 Å². The molecule has 0 atom stereocenters. The highest BCUT2D eigenvalue weighted by Crippen LogP contribution is 2.20. The van der Waals surface area contributed by atoms with Crippen LogP contribution in [0, 0.1) is 27.3 Å². The Kier molecular flexibility index (Phi) is 7.65. The first-order valence-corrected chi connectivity index (χ1v) is 9.80. The number of ether oxygens (including phenoxy) is 1. The van der Waals surface area contributed by atoms with Crippen molar-refractivity contribution < 1.29 is 23.6 Å². The molecule has 10 heteroatoms. The Morgan fingerprint density at radius 3 is 2.56 bits per heavy atom. The Hall–Kier alpha value is -5.04. The number of anilines is 2. The summed E-state index contributed by atoms with van der Waals surface area (Å²) in [6.07, 6.45) is 1.30. The first-order valence-electron chi connectivity index (χ1n) is 9.80. The van der Waals surface area contributed by atoms with E-state index in [4.69, 9.17) is 4.74 Å². The number of nitro groups is 1. The zero-order valence-corrected chi connectivity index (χ0v) is 17.5. The number of para-hydroxylation sites is 1.